The molecule has 0 aromatic heterocycles. The molecule has 0 bridgehead atoms. The van der Waals surface area contributed by atoms with Gasteiger partial charge in [0.25, 0.3) is 0 Å². The Labute approximate surface area is 200 Å². The molecule has 3 aromatic carbocycles. The van der Waals surface area contributed by atoms with Crippen LogP contribution in [0.3, 0.4) is 0 Å². The quantitative estimate of drug-likeness (QED) is 0.363. The third-order valence-corrected chi connectivity index (χ3v) is 5.77. The van der Waals surface area contributed by atoms with E-state index >= 15 is 0 Å². The number of carboxylic acids is 1. The van der Waals surface area contributed by atoms with Crippen LogP contribution in [-0.4, -0.2) is 23.3 Å². The number of anilines is 2. The van der Waals surface area contributed by atoms with Gasteiger partial charge in [-0.15, -0.1) is 13.2 Å². The van der Waals surface area contributed by atoms with E-state index in [9.17, 15) is 27.9 Å². The molecule has 1 amide bonds. The first-order valence-corrected chi connectivity index (χ1v) is 10.2. The summed E-state index contributed by atoms with van der Waals surface area (Å²) in [6.07, 6.45) is -5.11. The van der Waals surface area contributed by atoms with Gasteiger partial charge in [0.1, 0.15) is 5.75 Å². The van der Waals surface area contributed by atoms with Gasteiger partial charge in [-0.3, -0.25) is 4.79 Å². The lowest BCUT2D eigenvalue weighted by atomic mass is 9.89. The summed E-state index contributed by atoms with van der Waals surface area (Å²) < 4.78 is 44.3. The van der Waals surface area contributed by atoms with E-state index in [-0.39, 0.29) is 38.0 Å². The van der Waals surface area contributed by atoms with Crippen LogP contribution in [0.25, 0.3) is 0 Å². The Kier molecular flexibility index (Phi) is 5.74. The number of halogens is 5. The topological polar surface area (TPSA) is 114 Å². The predicted molar refractivity (Wildman–Crippen MR) is 120 cm³/mol. The molecule has 34 heavy (non-hydrogen) atoms. The number of ether oxygens (including phenoxy) is 1. The van der Waals surface area contributed by atoms with Gasteiger partial charge < -0.3 is 26.2 Å². The largest absolute Gasteiger partial charge is 0.573 e. The van der Waals surface area contributed by atoms with Gasteiger partial charge in [-0.25, -0.2) is 4.79 Å². The molecule has 1 atom stereocenters. The Morgan fingerprint density at radius 2 is 1.56 bits per heavy atom. The van der Waals surface area contributed by atoms with Crippen LogP contribution in [0, 0.1) is 0 Å². The van der Waals surface area contributed by atoms with Crippen LogP contribution in [0.2, 0.25) is 10.0 Å². The average Bonchev–Trinajstić information content (AvgIpc) is 3.11. The van der Waals surface area contributed by atoms with Gasteiger partial charge in [0, 0.05) is 26.7 Å². The van der Waals surface area contributed by atoms with Crippen LogP contribution < -0.4 is 21.1 Å². The zero-order valence-corrected chi connectivity index (χ0v) is 18.3. The van der Waals surface area contributed by atoms with Crippen molar-refractivity contribution in [2.24, 2.45) is 5.73 Å². The third kappa shape index (κ3) is 4.17. The average molecular weight is 512 g/mol. The molecule has 1 aliphatic heterocycles. The lowest BCUT2D eigenvalue weighted by molar-refractivity contribution is -0.275. The van der Waals surface area contributed by atoms with Crippen molar-refractivity contribution >= 4 is 46.5 Å². The fraction of sp³-hybridized carbons (Fsp3) is 0.0909. The minimum atomic E-state index is -5.11. The molecule has 1 heterocycles. The standard InChI is InChI=1S/C22H14Cl2F3N3O4/c23-13-2-1-3-14(24)18(13)21(29-15-7-5-11(20(32)33)8-16(15)30-21)12-6-4-10(19(28)31)9-17(12)34-22(25,26)27/h1-9,29-30H,(H2,28,31)(H,32,33). The highest BCUT2D eigenvalue weighted by atomic mass is 35.5. The molecule has 1 unspecified atom stereocenters. The number of hydrogen-bond acceptors (Lipinski definition) is 5. The van der Waals surface area contributed by atoms with Crippen molar-refractivity contribution in [3.63, 3.8) is 0 Å². The molecule has 0 aliphatic carbocycles. The molecule has 12 heteroatoms. The summed E-state index contributed by atoms with van der Waals surface area (Å²) in [5, 5.41) is 15.6. The highest BCUT2D eigenvalue weighted by Gasteiger charge is 2.46. The molecule has 0 fully saturated rings. The monoisotopic (exact) mass is 511 g/mol. The van der Waals surface area contributed by atoms with Crippen molar-refractivity contribution in [2.75, 3.05) is 10.6 Å². The van der Waals surface area contributed by atoms with Crippen LogP contribution >= 0.6 is 23.2 Å². The van der Waals surface area contributed by atoms with E-state index in [0.717, 1.165) is 6.07 Å². The molecule has 4 rings (SSSR count). The fourth-order valence-corrected chi connectivity index (χ4v) is 4.45. The van der Waals surface area contributed by atoms with Crippen LogP contribution in [0.1, 0.15) is 31.8 Å². The van der Waals surface area contributed by atoms with E-state index in [4.69, 9.17) is 28.9 Å². The second-order valence-electron chi connectivity index (χ2n) is 7.29. The van der Waals surface area contributed by atoms with Crippen molar-refractivity contribution in [3.8, 4) is 5.75 Å². The summed E-state index contributed by atoms with van der Waals surface area (Å²) in [4.78, 5) is 23.1. The molecule has 0 radical (unpaired) electrons. The summed E-state index contributed by atoms with van der Waals surface area (Å²) in [6, 6.07) is 11.9. The number of rotatable bonds is 5. The second-order valence-corrected chi connectivity index (χ2v) is 8.10. The third-order valence-electron chi connectivity index (χ3n) is 5.14. The molecule has 1 aliphatic rings. The molecule has 176 valence electrons. The predicted octanol–water partition coefficient (Wildman–Crippen LogP) is 5.43. The lowest BCUT2D eigenvalue weighted by Gasteiger charge is -2.35. The number of aromatic carboxylic acids is 1. The number of primary amides is 1. The zero-order chi connectivity index (χ0) is 24.8. The van der Waals surface area contributed by atoms with Crippen LogP contribution in [0.4, 0.5) is 24.5 Å². The van der Waals surface area contributed by atoms with Gasteiger partial charge >= 0.3 is 12.3 Å². The Bertz CT molecular complexity index is 1310. The number of fused-ring (bicyclic) bond motifs is 1. The van der Waals surface area contributed by atoms with E-state index in [1.807, 2.05) is 0 Å². The Hall–Kier alpha value is -3.63. The molecule has 0 spiro atoms. The summed E-state index contributed by atoms with van der Waals surface area (Å²) in [5.74, 6) is -2.92. The highest BCUT2D eigenvalue weighted by Crippen LogP contribution is 2.50. The smallest absolute Gasteiger partial charge is 0.478 e. The maximum Gasteiger partial charge on any atom is 0.573 e. The van der Waals surface area contributed by atoms with Crippen molar-refractivity contribution in [1.82, 2.24) is 0 Å². The summed E-state index contributed by atoms with van der Waals surface area (Å²) in [5.41, 5.74) is 3.83. The van der Waals surface area contributed by atoms with E-state index in [1.54, 1.807) is 6.07 Å². The maximum atomic E-state index is 13.3. The Balaban J connectivity index is 2.01. The molecule has 7 nitrogen and oxygen atoms in total. The van der Waals surface area contributed by atoms with Gasteiger partial charge in [-0.1, -0.05) is 29.3 Å². The Morgan fingerprint density at radius 3 is 2.15 bits per heavy atom. The number of alkyl halides is 3. The fourth-order valence-electron chi connectivity index (χ4n) is 3.77. The van der Waals surface area contributed by atoms with Crippen molar-refractivity contribution < 1.29 is 32.6 Å². The van der Waals surface area contributed by atoms with E-state index < -0.39 is 29.7 Å². The zero-order valence-electron chi connectivity index (χ0n) is 16.8. The molecule has 5 N–H and O–H groups in total. The van der Waals surface area contributed by atoms with Crippen LogP contribution in [0.5, 0.6) is 5.75 Å². The van der Waals surface area contributed by atoms with Crippen molar-refractivity contribution in [3.05, 3.63) is 86.9 Å². The van der Waals surface area contributed by atoms with E-state index in [1.165, 1.54) is 42.5 Å². The molecule has 0 saturated carbocycles. The number of carbonyl (C=O) groups excluding carboxylic acids is 1. The first kappa shape index (κ1) is 23.5. The number of amides is 1. The highest BCUT2D eigenvalue weighted by molar-refractivity contribution is 6.36. The summed E-state index contributed by atoms with van der Waals surface area (Å²) in [6.45, 7) is 0. The SMILES string of the molecule is NC(=O)c1ccc(C2(c3c(Cl)cccc3Cl)Nc3ccc(C(=O)O)cc3N2)c(OC(F)(F)F)c1. The maximum absolute atomic E-state index is 13.3. The van der Waals surface area contributed by atoms with Crippen LogP contribution in [-0.2, 0) is 5.66 Å². The van der Waals surface area contributed by atoms with Crippen molar-refractivity contribution in [1.29, 1.82) is 0 Å². The number of hydrogen-bond donors (Lipinski definition) is 4. The lowest BCUT2D eigenvalue weighted by Crippen LogP contribution is -2.41. The molecular formula is C22H14Cl2F3N3O4. The van der Waals surface area contributed by atoms with Gasteiger partial charge in [0.2, 0.25) is 5.91 Å². The molecule has 0 saturated heterocycles. The number of benzene rings is 3. The molecule has 3 aromatic rings. The van der Waals surface area contributed by atoms with E-state index in [2.05, 4.69) is 15.4 Å². The van der Waals surface area contributed by atoms with Crippen LogP contribution in [0.15, 0.2) is 54.6 Å². The minimum absolute atomic E-state index is 0.0649. The number of carbonyl (C=O) groups is 2. The number of nitrogens with two attached hydrogens (primary N) is 1. The van der Waals surface area contributed by atoms with Gasteiger partial charge in [-0.2, -0.15) is 0 Å². The first-order chi connectivity index (χ1) is 15.9. The minimum Gasteiger partial charge on any atom is -0.478 e. The number of nitrogens with one attached hydrogen (secondary N) is 2. The van der Waals surface area contributed by atoms with Gasteiger partial charge in [0.05, 0.1) is 16.9 Å². The summed E-state index contributed by atoms with van der Waals surface area (Å²) >= 11 is 12.9. The second kappa shape index (κ2) is 8.30. The van der Waals surface area contributed by atoms with Gasteiger partial charge in [0.15, 0.2) is 5.66 Å². The summed E-state index contributed by atoms with van der Waals surface area (Å²) in [7, 11) is 0. The first-order valence-electron chi connectivity index (χ1n) is 9.49. The Morgan fingerprint density at radius 1 is 0.941 bits per heavy atom. The normalized spacial score (nSPS) is 16.9. The number of carboxylic acid groups (broad SMARTS) is 1. The molecular weight excluding hydrogens is 498 g/mol. The van der Waals surface area contributed by atoms with Gasteiger partial charge in [-0.05, 0) is 48.5 Å². The van der Waals surface area contributed by atoms with Crippen molar-refractivity contribution in [2.45, 2.75) is 12.0 Å². The van der Waals surface area contributed by atoms with E-state index in [0.29, 0.717) is 5.69 Å².